The summed E-state index contributed by atoms with van der Waals surface area (Å²) in [5.41, 5.74) is 10.3. The van der Waals surface area contributed by atoms with Crippen molar-refractivity contribution in [1.29, 1.82) is 0 Å². The Labute approximate surface area is 85.9 Å². The normalized spacial score (nSPS) is 14.9. The molecule has 2 rings (SSSR count). The van der Waals surface area contributed by atoms with Gasteiger partial charge in [-0.2, -0.15) is 4.79 Å². The fourth-order valence-electron chi connectivity index (χ4n) is 1.60. The van der Waals surface area contributed by atoms with Crippen LogP contribution in [-0.4, -0.2) is 16.3 Å². The van der Waals surface area contributed by atoms with E-state index in [1.807, 2.05) is 6.07 Å². The number of hydrogen-bond donors (Lipinski definition) is 0. The van der Waals surface area contributed by atoms with E-state index in [1.165, 1.54) is 0 Å². The molecule has 0 atom stereocenters. The summed E-state index contributed by atoms with van der Waals surface area (Å²) in [5.74, 6) is -0.226. The largest absolute Gasteiger partial charge is 0.361 e. The van der Waals surface area contributed by atoms with Crippen LogP contribution in [0.2, 0.25) is 5.02 Å². The van der Waals surface area contributed by atoms with Gasteiger partial charge in [0.25, 0.3) is 5.78 Å². The smallest absolute Gasteiger partial charge is 0.339 e. The molecule has 0 aromatic heterocycles. The number of hydrogen-bond acceptors (Lipinski definition) is 1. The molecule has 0 heterocycles. The van der Waals surface area contributed by atoms with Crippen LogP contribution in [0.15, 0.2) is 18.2 Å². The lowest BCUT2D eigenvalue weighted by molar-refractivity contribution is -0.00944. The lowest BCUT2D eigenvalue weighted by Crippen LogP contribution is -2.23. The molecule has 0 saturated carbocycles. The average molecular weight is 207 g/mol. The van der Waals surface area contributed by atoms with Crippen LogP contribution in [0.5, 0.6) is 0 Å². The Morgan fingerprint density at radius 2 is 2.14 bits per heavy atom. The highest BCUT2D eigenvalue weighted by atomic mass is 35.5. The summed E-state index contributed by atoms with van der Waals surface area (Å²) in [6.07, 6.45) is 1.21. The van der Waals surface area contributed by atoms with Gasteiger partial charge in [0.05, 0.1) is 6.42 Å². The first-order valence-corrected chi connectivity index (χ1v) is 4.64. The molecule has 0 unspecified atom stereocenters. The molecule has 0 amide bonds. The molecule has 70 valence electrons. The summed E-state index contributed by atoms with van der Waals surface area (Å²) < 4.78 is 0. The van der Waals surface area contributed by atoms with Crippen molar-refractivity contribution >= 4 is 23.1 Å². The van der Waals surface area contributed by atoms with Crippen LogP contribution in [0.4, 0.5) is 0 Å². The van der Waals surface area contributed by atoms with Gasteiger partial charge >= 0.3 is 5.71 Å². The van der Waals surface area contributed by atoms with Crippen LogP contribution in [0.1, 0.15) is 22.3 Å². The molecule has 0 N–H and O–H groups in total. The summed E-state index contributed by atoms with van der Waals surface area (Å²) in [6, 6.07) is 5.21. The Morgan fingerprint density at radius 3 is 2.86 bits per heavy atom. The molecule has 14 heavy (non-hydrogen) atoms. The molecule has 0 bridgehead atoms. The first-order valence-electron chi connectivity index (χ1n) is 4.26. The highest BCUT2D eigenvalue weighted by Gasteiger charge is 2.29. The van der Waals surface area contributed by atoms with Gasteiger partial charge in [-0.3, -0.25) is 4.79 Å². The van der Waals surface area contributed by atoms with E-state index in [1.54, 1.807) is 12.1 Å². The second kappa shape index (κ2) is 3.37. The molecular weight excluding hydrogens is 200 g/mol. The highest BCUT2D eigenvalue weighted by Crippen LogP contribution is 2.22. The topological polar surface area (TPSA) is 53.5 Å². The van der Waals surface area contributed by atoms with Crippen LogP contribution >= 0.6 is 11.6 Å². The minimum atomic E-state index is -0.226. The Bertz CT molecular complexity index is 461. The van der Waals surface area contributed by atoms with E-state index in [-0.39, 0.29) is 11.5 Å². The van der Waals surface area contributed by atoms with E-state index in [0.717, 1.165) is 12.0 Å². The summed E-state index contributed by atoms with van der Waals surface area (Å²) in [6.45, 7) is 0. The fourth-order valence-corrected chi connectivity index (χ4v) is 1.77. The second-order valence-corrected chi connectivity index (χ2v) is 3.61. The molecule has 0 spiro atoms. The maximum absolute atomic E-state index is 11.7. The minimum Gasteiger partial charge on any atom is -0.361 e. The zero-order chi connectivity index (χ0) is 10.1. The van der Waals surface area contributed by atoms with E-state index in [9.17, 15) is 4.79 Å². The van der Waals surface area contributed by atoms with Crippen LogP contribution in [0.3, 0.4) is 0 Å². The van der Waals surface area contributed by atoms with Crippen molar-refractivity contribution in [3.8, 4) is 0 Å². The number of rotatable bonds is 0. The second-order valence-electron chi connectivity index (χ2n) is 3.18. The van der Waals surface area contributed by atoms with E-state index in [4.69, 9.17) is 17.1 Å². The number of nitrogens with zero attached hydrogens (tertiary/aromatic N) is 2. The summed E-state index contributed by atoms with van der Waals surface area (Å²) >= 11 is 5.78. The maximum atomic E-state index is 11.7. The van der Waals surface area contributed by atoms with Gasteiger partial charge in [0.1, 0.15) is 0 Å². The molecule has 1 aliphatic rings. The quantitative estimate of drug-likeness (QED) is 0.474. The van der Waals surface area contributed by atoms with E-state index in [2.05, 4.69) is 4.79 Å². The number of ketones is 1. The molecule has 0 aliphatic heterocycles. The summed E-state index contributed by atoms with van der Waals surface area (Å²) in [4.78, 5) is 14.6. The lowest BCUT2D eigenvalue weighted by atomic mass is 9.89. The highest BCUT2D eigenvalue weighted by molar-refractivity contribution is 6.45. The zero-order valence-corrected chi connectivity index (χ0v) is 8.08. The summed E-state index contributed by atoms with van der Waals surface area (Å²) in [7, 11) is 0. The van der Waals surface area contributed by atoms with Gasteiger partial charge in [0.15, 0.2) is 0 Å². The van der Waals surface area contributed by atoms with Gasteiger partial charge < -0.3 is 5.53 Å². The molecule has 0 radical (unpaired) electrons. The van der Waals surface area contributed by atoms with Gasteiger partial charge in [-0.25, -0.2) is 0 Å². The monoisotopic (exact) mass is 206 g/mol. The maximum Gasteiger partial charge on any atom is 0.339 e. The van der Waals surface area contributed by atoms with Crippen molar-refractivity contribution in [2.24, 2.45) is 0 Å². The molecule has 4 heteroatoms. The average Bonchev–Trinajstić information content (AvgIpc) is 2.20. The fraction of sp³-hybridized carbons (Fsp3) is 0.200. The van der Waals surface area contributed by atoms with Gasteiger partial charge in [0.2, 0.25) is 0 Å². The number of aryl methyl sites for hydroxylation is 1. The first kappa shape index (κ1) is 9.13. The van der Waals surface area contributed by atoms with Crippen LogP contribution < -0.4 is 0 Å². The third-order valence-corrected chi connectivity index (χ3v) is 2.57. The van der Waals surface area contributed by atoms with Crippen molar-refractivity contribution in [2.45, 2.75) is 12.8 Å². The number of Topliss-reactive ketones (excluding diaryl/α,β-unsaturated/α-hetero) is 1. The van der Waals surface area contributed by atoms with Crippen molar-refractivity contribution in [3.05, 3.63) is 39.9 Å². The SMILES string of the molecule is [N-]=[N+]=C1CCc2ccc(Cl)cc2C1=O. The van der Waals surface area contributed by atoms with Crippen LogP contribution in [0.25, 0.3) is 5.53 Å². The van der Waals surface area contributed by atoms with Crippen molar-refractivity contribution in [1.82, 2.24) is 0 Å². The summed E-state index contributed by atoms with van der Waals surface area (Å²) in [5, 5.41) is 0.524. The zero-order valence-electron chi connectivity index (χ0n) is 7.33. The Hall–Kier alpha value is -1.44. The third-order valence-electron chi connectivity index (χ3n) is 2.33. The number of fused-ring (bicyclic) bond motifs is 1. The van der Waals surface area contributed by atoms with Crippen molar-refractivity contribution in [3.63, 3.8) is 0 Å². The molecular formula is C10H7ClN2O. The molecule has 1 aromatic carbocycles. The van der Waals surface area contributed by atoms with E-state index >= 15 is 0 Å². The number of carbonyl (C=O) groups excluding carboxylic acids is 1. The third kappa shape index (κ3) is 1.37. The number of benzene rings is 1. The number of carbonyl (C=O) groups is 1. The minimum absolute atomic E-state index is 0.208. The Balaban J connectivity index is 2.59. The molecule has 0 fully saturated rings. The standard InChI is InChI=1S/C10H7ClN2O/c11-7-3-1-6-2-4-9(13-12)10(14)8(6)5-7/h1,3,5H,2,4H2. The van der Waals surface area contributed by atoms with E-state index in [0.29, 0.717) is 17.0 Å². The van der Waals surface area contributed by atoms with Crippen molar-refractivity contribution < 1.29 is 9.58 Å². The Morgan fingerprint density at radius 1 is 1.36 bits per heavy atom. The lowest BCUT2D eigenvalue weighted by Gasteiger charge is -2.10. The van der Waals surface area contributed by atoms with E-state index < -0.39 is 0 Å². The molecule has 3 nitrogen and oxygen atoms in total. The van der Waals surface area contributed by atoms with Gasteiger partial charge in [0, 0.05) is 10.6 Å². The number of halogens is 1. The van der Waals surface area contributed by atoms with Gasteiger partial charge in [-0.15, -0.1) is 0 Å². The molecule has 0 saturated heterocycles. The van der Waals surface area contributed by atoms with Gasteiger partial charge in [-0.05, 0) is 24.1 Å². The molecule has 1 aromatic rings. The van der Waals surface area contributed by atoms with Gasteiger partial charge in [-0.1, -0.05) is 17.7 Å². The predicted octanol–water partition coefficient (Wildman–Crippen LogP) is 2.14. The molecule has 1 aliphatic carbocycles. The van der Waals surface area contributed by atoms with Crippen LogP contribution in [-0.2, 0) is 6.42 Å². The predicted molar refractivity (Wildman–Crippen MR) is 52.7 cm³/mol. The van der Waals surface area contributed by atoms with Crippen molar-refractivity contribution in [2.75, 3.05) is 0 Å². The Kier molecular flexibility index (Phi) is 2.20. The van der Waals surface area contributed by atoms with Crippen LogP contribution in [0, 0.1) is 0 Å². The first-order chi connectivity index (χ1) is 6.72.